The van der Waals surface area contributed by atoms with E-state index < -0.39 is 23.0 Å². The first-order valence-corrected chi connectivity index (χ1v) is 3.71. The van der Waals surface area contributed by atoms with Gasteiger partial charge in [-0.1, -0.05) is 0 Å². The lowest BCUT2D eigenvalue weighted by Crippen LogP contribution is -2.11. The van der Waals surface area contributed by atoms with Crippen LogP contribution in [0.1, 0.15) is 0 Å². The van der Waals surface area contributed by atoms with Crippen molar-refractivity contribution in [2.24, 2.45) is 0 Å². The summed E-state index contributed by atoms with van der Waals surface area (Å²) in [4.78, 5) is 0. The largest absolute Gasteiger partial charge is 0.308 e. The minimum Gasteiger partial charge on any atom is -0.308 e. The summed E-state index contributed by atoms with van der Waals surface area (Å²) in [7, 11) is -2.50. The van der Waals surface area contributed by atoms with Gasteiger partial charge in [-0.2, -0.15) is 0 Å². The van der Waals surface area contributed by atoms with Crippen molar-refractivity contribution in [3.05, 3.63) is 0 Å². The molecule has 9 heavy (non-hydrogen) atoms. The Morgan fingerprint density at radius 1 is 1.56 bits per heavy atom. The summed E-state index contributed by atoms with van der Waals surface area (Å²) in [6, 6.07) is 0. The molecule has 0 saturated carbocycles. The summed E-state index contributed by atoms with van der Waals surface area (Å²) in [5, 5.41) is 0. The van der Waals surface area contributed by atoms with E-state index in [9.17, 15) is 8.78 Å². The molecule has 6 heteroatoms. The van der Waals surface area contributed by atoms with Gasteiger partial charge in [-0.3, -0.25) is 4.18 Å². The van der Waals surface area contributed by atoms with Gasteiger partial charge in [0.25, 0.3) is 6.43 Å². The zero-order valence-electron chi connectivity index (χ0n) is 4.75. The van der Waals surface area contributed by atoms with E-state index in [4.69, 9.17) is 9.11 Å². The molecule has 58 valence electrons. The van der Waals surface area contributed by atoms with Crippen molar-refractivity contribution in [3.8, 4) is 0 Å². The molecule has 0 saturated heterocycles. The zero-order chi connectivity index (χ0) is 7.49. The van der Waals surface area contributed by atoms with E-state index in [0.29, 0.717) is 0 Å². The topological polar surface area (TPSA) is 49.7 Å². The molecule has 0 heterocycles. The summed E-state index contributed by atoms with van der Waals surface area (Å²) in [6.07, 6.45) is -2.74. The summed E-state index contributed by atoms with van der Waals surface area (Å²) >= 11 is 0. The van der Waals surface area contributed by atoms with Crippen molar-refractivity contribution >= 4 is 10.9 Å². The van der Waals surface area contributed by atoms with E-state index in [1.54, 1.807) is 0 Å². The molecule has 0 amide bonds. The molecule has 0 aliphatic heterocycles. The number of halogens is 2. The van der Waals surface area contributed by atoms with Gasteiger partial charge in [0.1, 0.15) is 5.75 Å². The van der Waals surface area contributed by atoms with Gasteiger partial charge in [0, 0.05) is 0 Å². The highest BCUT2D eigenvalue weighted by Crippen LogP contribution is 2.39. The molecule has 0 unspecified atom stereocenters. The van der Waals surface area contributed by atoms with Crippen molar-refractivity contribution in [1.29, 1.82) is 0 Å². The van der Waals surface area contributed by atoms with Gasteiger partial charge in [-0.25, -0.2) is 8.78 Å². The SMILES string of the molecule is COS(O)(O)CC(F)F. The second-order valence-corrected chi connectivity index (χ2v) is 3.21. The summed E-state index contributed by atoms with van der Waals surface area (Å²) < 4.78 is 43.5. The molecular formula is C3H8F2O3S. The average molecular weight is 162 g/mol. The predicted octanol–water partition coefficient (Wildman–Crippen LogP) is 1.56. The fourth-order valence-corrected chi connectivity index (χ4v) is 0.696. The van der Waals surface area contributed by atoms with Crippen LogP contribution in [0.4, 0.5) is 8.78 Å². The molecule has 0 aromatic carbocycles. The predicted molar refractivity (Wildman–Crippen MR) is 30.7 cm³/mol. The Bertz CT molecular complexity index is 87.1. The zero-order valence-corrected chi connectivity index (χ0v) is 5.57. The average Bonchev–Trinajstić information content (AvgIpc) is 1.63. The van der Waals surface area contributed by atoms with Crippen molar-refractivity contribution in [3.63, 3.8) is 0 Å². The van der Waals surface area contributed by atoms with E-state index in [0.717, 1.165) is 7.11 Å². The Balaban J connectivity index is 3.58. The van der Waals surface area contributed by atoms with Gasteiger partial charge in [-0.05, 0) is 0 Å². The summed E-state index contributed by atoms with van der Waals surface area (Å²) in [5.41, 5.74) is 0. The van der Waals surface area contributed by atoms with E-state index in [1.165, 1.54) is 0 Å². The molecular weight excluding hydrogens is 154 g/mol. The highest BCUT2D eigenvalue weighted by Gasteiger charge is 2.21. The Hall–Kier alpha value is 0.0900. The van der Waals surface area contributed by atoms with E-state index in [1.807, 2.05) is 0 Å². The Kier molecular flexibility index (Phi) is 3.34. The van der Waals surface area contributed by atoms with Crippen molar-refractivity contribution in [2.45, 2.75) is 6.43 Å². The Labute approximate surface area is 53.2 Å². The quantitative estimate of drug-likeness (QED) is 0.662. The second-order valence-electron chi connectivity index (χ2n) is 1.33. The lowest BCUT2D eigenvalue weighted by atomic mass is 10.9. The fourth-order valence-electron chi connectivity index (χ4n) is 0.232. The molecule has 0 fully saturated rings. The molecule has 0 atom stereocenters. The molecule has 0 rings (SSSR count). The van der Waals surface area contributed by atoms with E-state index >= 15 is 0 Å². The molecule has 3 nitrogen and oxygen atoms in total. The van der Waals surface area contributed by atoms with Crippen molar-refractivity contribution < 1.29 is 22.1 Å². The van der Waals surface area contributed by atoms with Crippen LogP contribution in [0.2, 0.25) is 0 Å². The number of hydrogen-bond acceptors (Lipinski definition) is 3. The van der Waals surface area contributed by atoms with Crippen LogP contribution in [-0.2, 0) is 4.18 Å². The molecule has 2 N–H and O–H groups in total. The molecule has 0 bridgehead atoms. The van der Waals surface area contributed by atoms with Gasteiger partial charge >= 0.3 is 0 Å². The van der Waals surface area contributed by atoms with Crippen LogP contribution >= 0.6 is 10.9 Å². The van der Waals surface area contributed by atoms with Gasteiger partial charge in [0.15, 0.2) is 0 Å². The van der Waals surface area contributed by atoms with Crippen LogP contribution in [0.25, 0.3) is 0 Å². The first-order chi connectivity index (χ1) is 3.98. The van der Waals surface area contributed by atoms with Crippen LogP contribution in [0.5, 0.6) is 0 Å². The van der Waals surface area contributed by atoms with Crippen LogP contribution in [-0.4, -0.2) is 28.4 Å². The lowest BCUT2D eigenvalue weighted by molar-refractivity contribution is 0.164. The van der Waals surface area contributed by atoms with Crippen molar-refractivity contribution in [2.75, 3.05) is 12.9 Å². The molecule has 0 aromatic heterocycles. The molecule has 0 spiro atoms. The maximum atomic E-state index is 11.3. The minimum atomic E-state index is -3.47. The Morgan fingerprint density at radius 3 is 2.11 bits per heavy atom. The number of hydrogen-bond donors (Lipinski definition) is 2. The third-order valence-corrected chi connectivity index (χ3v) is 1.83. The first-order valence-electron chi connectivity index (χ1n) is 2.07. The third-order valence-electron chi connectivity index (χ3n) is 0.610. The summed E-state index contributed by atoms with van der Waals surface area (Å²) in [6.45, 7) is 0. The number of alkyl halides is 2. The first kappa shape index (κ1) is 9.09. The van der Waals surface area contributed by atoms with Crippen molar-refractivity contribution in [1.82, 2.24) is 0 Å². The third kappa shape index (κ3) is 4.58. The van der Waals surface area contributed by atoms with E-state index in [-0.39, 0.29) is 0 Å². The van der Waals surface area contributed by atoms with Crippen LogP contribution < -0.4 is 0 Å². The van der Waals surface area contributed by atoms with Crippen LogP contribution in [0.15, 0.2) is 0 Å². The highest BCUT2D eigenvalue weighted by atomic mass is 32.3. The van der Waals surface area contributed by atoms with E-state index in [2.05, 4.69) is 4.18 Å². The monoisotopic (exact) mass is 162 g/mol. The molecule has 0 aromatic rings. The minimum absolute atomic E-state index is 0.970. The smallest absolute Gasteiger partial charge is 0.252 e. The van der Waals surface area contributed by atoms with Gasteiger partial charge in [0.05, 0.1) is 18.0 Å². The van der Waals surface area contributed by atoms with Gasteiger partial charge in [0.2, 0.25) is 0 Å². The standard InChI is InChI=1S/C3H8F2O3S/c1-8-9(6,7)2-3(4)5/h3,6-7H,2H2,1H3. The maximum absolute atomic E-state index is 11.3. The second kappa shape index (κ2) is 3.31. The maximum Gasteiger partial charge on any atom is 0.252 e. The molecule has 0 aliphatic rings. The Morgan fingerprint density at radius 2 is 2.00 bits per heavy atom. The fraction of sp³-hybridized carbons (Fsp3) is 1.00. The molecule has 0 radical (unpaired) electrons. The lowest BCUT2D eigenvalue weighted by Gasteiger charge is -2.22. The van der Waals surface area contributed by atoms with Crippen LogP contribution in [0, 0.1) is 0 Å². The summed E-state index contributed by atoms with van der Waals surface area (Å²) in [5.74, 6) is -1.01. The molecule has 0 aliphatic carbocycles. The van der Waals surface area contributed by atoms with Crippen LogP contribution in [0.3, 0.4) is 0 Å². The normalized spacial score (nSPS) is 14.4. The number of rotatable bonds is 3. The van der Waals surface area contributed by atoms with Gasteiger partial charge in [-0.15, -0.1) is 0 Å². The highest BCUT2D eigenvalue weighted by molar-refractivity contribution is 8.20. The van der Waals surface area contributed by atoms with Gasteiger partial charge < -0.3 is 9.11 Å².